The Kier molecular flexibility index (Phi) is 11.7. The molecule has 0 heterocycles. The first-order chi connectivity index (χ1) is 6.04. The SMILES string of the molecule is C=CCN.CCOP(C)(=O)OCC. The van der Waals surface area contributed by atoms with Gasteiger partial charge in [-0.25, -0.2) is 0 Å². The molecule has 0 fully saturated rings. The third-order valence-electron chi connectivity index (χ3n) is 0.894. The Morgan fingerprint density at radius 3 is 1.85 bits per heavy atom. The lowest BCUT2D eigenvalue weighted by molar-refractivity contribution is 0.225. The second-order valence-electron chi connectivity index (χ2n) is 2.13. The molecule has 4 nitrogen and oxygen atoms in total. The summed E-state index contributed by atoms with van der Waals surface area (Å²) in [7, 11) is -2.69. The van der Waals surface area contributed by atoms with E-state index in [1.807, 2.05) is 0 Å². The van der Waals surface area contributed by atoms with Gasteiger partial charge in [-0.3, -0.25) is 4.57 Å². The summed E-state index contributed by atoms with van der Waals surface area (Å²) in [6.45, 7) is 9.86. The lowest BCUT2D eigenvalue weighted by Crippen LogP contribution is -1.92. The van der Waals surface area contributed by atoms with Crippen molar-refractivity contribution in [1.29, 1.82) is 0 Å². The number of hydrogen-bond donors (Lipinski definition) is 1. The zero-order valence-corrected chi connectivity index (χ0v) is 9.55. The second-order valence-corrected chi connectivity index (χ2v) is 4.19. The summed E-state index contributed by atoms with van der Waals surface area (Å²) in [4.78, 5) is 0. The van der Waals surface area contributed by atoms with Crippen LogP contribution in [0.5, 0.6) is 0 Å². The summed E-state index contributed by atoms with van der Waals surface area (Å²) in [5, 5.41) is 0. The van der Waals surface area contributed by atoms with E-state index in [0.29, 0.717) is 19.8 Å². The van der Waals surface area contributed by atoms with Gasteiger partial charge in [-0.15, -0.1) is 6.58 Å². The summed E-state index contributed by atoms with van der Waals surface area (Å²) in [6.07, 6.45) is 1.65. The summed E-state index contributed by atoms with van der Waals surface area (Å²) in [6, 6.07) is 0. The third kappa shape index (κ3) is 14.7. The van der Waals surface area contributed by atoms with E-state index in [4.69, 9.17) is 14.8 Å². The van der Waals surface area contributed by atoms with E-state index < -0.39 is 7.60 Å². The van der Waals surface area contributed by atoms with Gasteiger partial charge < -0.3 is 14.8 Å². The molecular weight excluding hydrogens is 189 g/mol. The maximum Gasteiger partial charge on any atom is 0.327 e. The van der Waals surface area contributed by atoms with Crippen LogP contribution in [0.15, 0.2) is 12.7 Å². The van der Waals surface area contributed by atoms with Gasteiger partial charge in [0.1, 0.15) is 0 Å². The lowest BCUT2D eigenvalue weighted by atomic mass is 10.7. The van der Waals surface area contributed by atoms with Crippen molar-refractivity contribution in [1.82, 2.24) is 0 Å². The molecule has 0 radical (unpaired) electrons. The standard InChI is InChI=1S/C5H13O3P.C3H7N/c1-4-7-9(3,6)8-5-2;1-2-3-4/h4-5H2,1-3H3;2H,1,3-4H2. The van der Waals surface area contributed by atoms with Crippen molar-refractivity contribution in [2.24, 2.45) is 5.73 Å². The van der Waals surface area contributed by atoms with Crippen LogP contribution >= 0.6 is 7.60 Å². The number of rotatable bonds is 5. The number of hydrogen-bond acceptors (Lipinski definition) is 4. The molecule has 0 amide bonds. The van der Waals surface area contributed by atoms with Gasteiger partial charge >= 0.3 is 7.60 Å². The molecule has 0 spiro atoms. The molecule has 0 aromatic carbocycles. The van der Waals surface area contributed by atoms with Crippen LogP contribution in [0.1, 0.15) is 13.8 Å². The predicted molar refractivity (Wildman–Crippen MR) is 56.0 cm³/mol. The fourth-order valence-corrected chi connectivity index (χ4v) is 1.52. The van der Waals surface area contributed by atoms with E-state index in [1.165, 1.54) is 6.66 Å². The first-order valence-corrected chi connectivity index (χ1v) is 6.20. The third-order valence-corrected chi connectivity index (χ3v) is 2.35. The van der Waals surface area contributed by atoms with Crippen molar-refractivity contribution >= 4 is 7.60 Å². The molecular formula is C8H20NO3P. The highest BCUT2D eigenvalue weighted by atomic mass is 31.2. The van der Waals surface area contributed by atoms with E-state index in [9.17, 15) is 4.57 Å². The summed E-state index contributed by atoms with van der Waals surface area (Å²) >= 11 is 0. The van der Waals surface area contributed by atoms with Crippen molar-refractivity contribution in [2.45, 2.75) is 13.8 Å². The fourth-order valence-electron chi connectivity index (χ4n) is 0.506. The molecule has 2 N–H and O–H groups in total. The molecule has 0 aromatic heterocycles. The molecule has 0 atom stereocenters. The average molecular weight is 209 g/mol. The van der Waals surface area contributed by atoms with Gasteiger partial charge in [-0.2, -0.15) is 0 Å². The molecule has 0 bridgehead atoms. The molecule has 13 heavy (non-hydrogen) atoms. The zero-order valence-electron chi connectivity index (χ0n) is 8.66. The summed E-state index contributed by atoms with van der Waals surface area (Å²) in [5.74, 6) is 0. The summed E-state index contributed by atoms with van der Waals surface area (Å²) < 4.78 is 20.6. The zero-order chi connectivity index (χ0) is 10.7. The molecule has 0 saturated carbocycles. The Bertz CT molecular complexity index is 151. The lowest BCUT2D eigenvalue weighted by Gasteiger charge is -2.10. The molecule has 0 unspecified atom stereocenters. The van der Waals surface area contributed by atoms with Crippen LogP contribution in [0, 0.1) is 0 Å². The van der Waals surface area contributed by atoms with Gasteiger partial charge in [0.25, 0.3) is 0 Å². The van der Waals surface area contributed by atoms with Crippen LogP contribution in [0.25, 0.3) is 0 Å². The van der Waals surface area contributed by atoms with E-state index >= 15 is 0 Å². The van der Waals surface area contributed by atoms with Gasteiger partial charge in [-0.1, -0.05) is 6.08 Å². The highest BCUT2D eigenvalue weighted by molar-refractivity contribution is 7.52. The molecule has 5 heteroatoms. The Balaban J connectivity index is 0. The first kappa shape index (κ1) is 15.3. The van der Waals surface area contributed by atoms with Crippen LogP contribution in [0.4, 0.5) is 0 Å². The van der Waals surface area contributed by atoms with Crippen molar-refractivity contribution < 1.29 is 13.6 Å². The van der Waals surface area contributed by atoms with Gasteiger partial charge in [-0.05, 0) is 13.8 Å². The molecule has 0 aliphatic carbocycles. The molecule has 0 saturated heterocycles. The maximum absolute atomic E-state index is 11.0. The van der Waals surface area contributed by atoms with Crippen LogP contribution < -0.4 is 5.73 Å². The van der Waals surface area contributed by atoms with Crippen LogP contribution in [-0.2, 0) is 13.6 Å². The van der Waals surface area contributed by atoms with Gasteiger partial charge in [0.2, 0.25) is 0 Å². The van der Waals surface area contributed by atoms with Crippen molar-refractivity contribution in [3.63, 3.8) is 0 Å². The topological polar surface area (TPSA) is 61.5 Å². The fraction of sp³-hybridized carbons (Fsp3) is 0.750. The maximum atomic E-state index is 11.0. The van der Waals surface area contributed by atoms with Gasteiger partial charge in [0.05, 0.1) is 13.2 Å². The Morgan fingerprint density at radius 1 is 1.38 bits per heavy atom. The van der Waals surface area contributed by atoms with E-state index in [0.717, 1.165) is 0 Å². The number of nitrogens with two attached hydrogens (primary N) is 1. The van der Waals surface area contributed by atoms with Gasteiger partial charge in [0.15, 0.2) is 0 Å². The minimum Gasteiger partial charge on any atom is -0.327 e. The van der Waals surface area contributed by atoms with E-state index in [-0.39, 0.29) is 0 Å². The molecule has 0 rings (SSSR count). The predicted octanol–water partition coefficient (Wildman–Crippen LogP) is 2.01. The highest BCUT2D eigenvalue weighted by Gasteiger charge is 2.13. The van der Waals surface area contributed by atoms with Crippen LogP contribution in [0.2, 0.25) is 0 Å². The Morgan fingerprint density at radius 2 is 1.69 bits per heavy atom. The second kappa shape index (κ2) is 9.93. The molecule has 80 valence electrons. The Hall–Kier alpha value is -0.150. The largest absolute Gasteiger partial charge is 0.327 e. The van der Waals surface area contributed by atoms with Crippen molar-refractivity contribution in [3.05, 3.63) is 12.7 Å². The van der Waals surface area contributed by atoms with E-state index in [1.54, 1.807) is 19.9 Å². The normalized spacial score (nSPS) is 10.2. The first-order valence-electron chi connectivity index (χ1n) is 4.21. The van der Waals surface area contributed by atoms with Crippen molar-refractivity contribution in [2.75, 3.05) is 26.4 Å². The van der Waals surface area contributed by atoms with E-state index in [2.05, 4.69) is 6.58 Å². The van der Waals surface area contributed by atoms with Crippen molar-refractivity contribution in [3.8, 4) is 0 Å². The molecule has 0 aliphatic rings. The minimum atomic E-state index is -2.69. The monoisotopic (exact) mass is 209 g/mol. The van der Waals surface area contributed by atoms with Crippen LogP contribution in [0.3, 0.4) is 0 Å². The molecule has 0 aliphatic heterocycles. The minimum absolute atomic E-state index is 0.438. The smallest absolute Gasteiger partial charge is 0.327 e. The van der Waals surface area contributed by atoms with Gasteiger partial charge in [0, 0.05) is 13.2 Å². The highest BCUT2D eigenvalue weighted by Crippen LogP contribution is 2.43. The Labute approximate surface area is 80.6 Å². The van der Waals surface area contributed by atoms with Crippen LogP contribution in [-0.4, -0.2) is 26.4 Å². The quantitative estimate of drug-likeness (QED) is 0.555. The molecule has 0 aromatic rings. The average Bonchev–Trinajstić information content (AvgIpc) is 2.04. The summed E-state index contributed by atoms with van der Waals surface area (Å²) in [5.41, 5.74) is 4.91.